The molecule has 0 aromatic carbocycles. The van der Waals surface area contributed by atoms with Crippen LogP contribution in [0.25, 0.3) is 0 Å². The first-order valence-corrected chi connectivity index (χ1v) is 10.3. The largest absolute Gasteiger partial charge is 0.462 e. The summed E-state index contributed by atoms with van der Waals surface area (Å²) in [5, 5.41) is 0. The van der Waals surface area contributed by atoms with Gasteiger partial charge in [-0.25, -0.2) is 4.79 Å². The number of esters is 1. The van der Waals surface area contributed by atoms with Crippen molar-refractivity contribution in [3.63, 3.8) is 0 Å². The number of halogens is 1. The molecule has 0 aliphatic rings. The van der Waals surface area contributed by atoms with E-state index in [0.29, 0.717) is 12.2 Å². The van der Waals surface area contributed by atoms with E-state index in [1.54, 1.807) is 6.92 Å². The molecule has 0 aromatic heterocycles. The van der Waals surface area contributed by atoms with Gasteiger partial charge in [-0.2, -0.15) is 0 Å². The summed E-state index contributed by atoms with van der Waals surface area (Å²) in [5.41, 5.74) is 0.472. The molecule has 82 valence electrons. The molecule has 2 nitrogen and oxygen atoms in total. The van der Waals surface area contributed by atoms with Crippen LogP contribution in [0.1, 0.15) is 19.8 Å². The van der Waals surface area contributed by atoms with Crippen molar-refractivity contribution in [2.75, 3.05) is 6.61 Å². The standard InChI is InChI=1S/C10H19BrO2Si/c1-9(2)10(12)13-7-5-6-8-14(3,4)11/h1,5-8H2,2-4H3. The quantitative estimate of drug-likeness (QED) is 0.244. The lowest BCUT2D eigenvalue weighted by Gasteiger charge is -2.12. The van der Waals surface area contributed by atoms with Crippen LogP contribution in [-0.2, 0) is 9.53 Å². The fourth-order valence-corrected chi connectivity index (χ4v) is 2.87. The molecule has 0 aliphatic carbocycles. The maximum atomic E-state index is 11.0. The number of ether oxygens (including phenoxy) is 1. The van der Waals surface area contributed by atoms with Crippen molar-refractivity contribution in [1.29, 1.82) is 0 Å². The first kappa shape index (κ1) is 13.9. The topological polar surface area (TPSA) is 26.3 Å². The number of carbonyl (C=O) groups is 1. The number of hydrogen-bond donors (Lipinski definition) is 0. The van der Waals surface area contributed by atoms with Crippen LogP contribution in [0.4, 0.5) is 0 Å². The molecule has 0 saturated carbocycles. The lowest BCUT2D eigenvalue weighted by atomic mass is 10.3. The van der Waals surface area contributed by atoms with Gasteiger partial charge in [0.1, 0.15) is 6.69 Å². The Balaban J connectivity index is 3.39. The molecule has 0 aromatic rings. The average Bonchev–Trinajstić information content (AvgIpc) is 2.01. The fourth-order valence-electron chi connectivity index (χ4n) is 0.935. The van der Waals surface area contributed by atoms with Crippen molar-refractivity contribution in [3.05, 3.63) is 12.2 Å². The molecule has 0 fully saturated rings. The minimum Gasteiger partial charge on any atom is -0.462 e. The van der Waals surface area contributed by atoms with Crippen molar-refractivity contribution in [2.45, 2.75) is 38.9 Å². The van der Waals surface area contributed by atoms with E-state index in [4.69, 9.17) is 4.74 Å². The highest BCUT2D eigenvalue weighted by molar-refractivity contribution is 9.26. The molecule has 0 atom stereocenters. The molecule has 0 N–H and O–H groups in total. The van der Waals surface area contributed by atoms with E-state index in [9.17, 15) is 4.79 Å². The molecule has 0 bridgehead atoms. The van der Waals surface area contributed by atoms with Gasteiger partial charge in [0.25, 0.3) is 0 Å². The average molecular weight is 279 g/mol. The molecule has 0 heterocycles. The first-order valence-electron chi connectivity index (χ1n) is 4.84. The third-order valence-electron chi connectivity index (χ3n) is 1.75. The number of rotatable bonds is 6. The normalized spacial score (nSPS) is 11.1. The third-order valence-corrected chi connectivity index (χ3v) is 4.48. The third kappa shape index (κ3) is 8.50. The molecule has 0 spiro atoms. The predicted molar refractivity (Wildman–Crippen MR) is 66.2 cm³/mol. The second-order valence-electron chi connectivity index (χ2n) is 4.09. The van der Waals surface area contributed by atoms with Gasteiger partial charge in [-0.15, -0.1) is 15.3 Å². The van der Waals surface area contributed by atoms with Crippen LogP contribution in [0.15, 0.2) is 12.2 Å². The van der Waals surface area contributed by atoms with Gasteiger partial charge in [0.15, 0.2) is 0 Å². The van der Waals surface area contributed by atoms with Crippen LogP contribution in [0.5, 0.6) is 0 Å². The molecule has 0 aliphatic heterocycles. The minimum atomic E-state index is -1.10. The van der Waals surface area contributed by atoms with Crippen LogP contribution in [0.3, 0.4) is 0 Å². The predicted octanol–water partition coefficient (Wildman–Crippen LogP) is 3.49. The van der Waals surface area contributed by atoms with Crippen molar-refractivity contribution >= 4 is 28.0 Å². The van der Waals surface area contributed by atoms with E-state index >= 15 is 0 Å². The van der Waals surface area contributed by atoms with Crippen LogP contribution in [-0.4, -0.2) is 19.3 Å². The zero-order chi connectivity index (χ0) is 11.2. The number of unbranched alkanes of at least 4 members (excludes halogenated alkanes) is 1. The van der Waals surface area contributed by atoms with E-state index in [2.05, 4.69) is 35.0 Å². The Bertz CT molecular complexity index is 209. The minimum absolute atomic E-state index is 0.277. The smallest absolute Gasteiger partial charge is 0.333 e. The van der Waals surface area contributed by atoms with E-state index < -0.39 is 6.69 Å². The molecule has 4 heteroatoms. The Kier molecular flexibility index (Phi) is 6.36. The van der Waals surface area contributed by atoms with E-state index in [1.165, 1.54) is 6.04 Å². The molecule has 0 radical (unpaired) electrons. The zero-order valence-electron chi connectivity index (χ0n) is 9.23. The van der Waals surface area contributed by atoms with Crippen LogP contribution >= 0.6 is 15.3 Å². The Morgan fingerprint density at radius 2 is 2.00 bits per heavy atom. The van der Waals surface area contributed by atoms with Gasteiger partial charge < -0.3 is 4.74 Å². The lowest BCUT2D eigenvalue weighted by Crippen LogP contribution is -2.15. The summed E-state index contributed by atoms with van der Waals surface area (Å²) in [5.74, 6) is -0.277. The molecule has 0 saturated heterocycles. The monoisotopic (exact) mass is 278 g/mol. The van der Waals surface area contributed by atoms with Crippen molar-refractivity contribution in [1.82, 2.24) is 0 Å². The molecule has 14 heavy (non-hydrogen) atoms. The van der Waals surface area contributed by atoms with Gasteiger partial charge in [-0.1, -0.05) is 26.1 Å². The van der Waals surface area contributed by atoms with Gasteiger partial charge in [-0.3, -0.25) is 0 Å². The van der Waals surface area contributed by atoms with E-state index in [0.717, 1.165) is 12.8 Å². The SMILES string of the molecule is C=C(C)C(=O)OCCCC[Si](C)(C)Br. The number of hydrogen-bond acceptors (Lipinski definition) is 2. The Morgan fingerprint density at radius 1 is 1.43 bits per heavy atom. The van der Waals surface area contributed by atoms with E-state index in [1.807, 2.05) is 0 Å². The summed E-state index contributed by atoms with van der Waals surface area (Å²) in [6.45, 7) is 9.14. The van der Waals surface area contributed by atoms with Crippen molar-refractivity contribution in [3.8, 4) is 0 Å². The molecule has 0 amide bonds. The van der Waals surface area contributed by atoms with Gasteiger partial charge in [0.2, 0.25) is 0 Å². The molecule has 0 rings (SSSR count). The molecule has 0 unspecified atom stereocenters. The zero-order valence-corrected chi connectivity index (χ0v) is 11.8. The lowest BCUT2D eigenvalue weighted by molar-refractivity contribution is -0.139. The van der Waals surface area contributed by atoms with Gasteiger partial charge >= 0.3 is 5.97 Å². The Hall–Kier alpha value is -0.0931. The van der Waals surface area contributed by atoms with E-state index in [-0.39, 0.29) is 5.97 Å². The summed E-state index contributed by atoms with van der Waals surface area (Å²) in [4.78, 5) is 11.0. The van der Waals surface area contributed by atoms with Crippen molar-refractivity contribution in [2.24, 2.45) is 0 Å². The van der Waals surface area contributed by atoms with Gasteiger partial charge in [0.05, 0.1) is 6.61 Å². The summed E-state index contributed by atoms with van der Waals surface area (Å²) in [6.07, 6.45) is 2.06. The van der Waals surface area contributed by atoms with Crippen molar-refractivity contribution < 1.29 is 9.53 Å². The highest BCUT2D eigenvalue weighted by Crippen LogP contribution is 2.19. The maximum absolute atomic E-state index is 11.0. The Labute approximate surface area is 95.3 Å². The highest BCUT2D eigenvalue weighted by Gasteiger charge is 2.14. The van der Waals surface area contributed by atoms with Gasteiger partial charge in [0, 0.05) is 5.57 Å². The number of carbonyl (C=O) groups excluding carboxylic acids is 1. The maximum Gasteiger partial charge on any atom is 0.333 e. The summed E-state index contributed by atoms with van der Waals surface area (Å²) >= 11 is 3.70. The van der Waals surface area contributed by atoms with Gasteiger partial charge in [-0.05, 0) is 19.4 Å². The highest BCUT2D eigenvalue weighted by atomic mass is 79.9. The second-order valence-corrected chi connectivity index (χ2v) is 14.5. The van der Waals surface area contributed by atoms with Crippen LogP contribution in [0, 0.1) is 0 Å². The Morgan fingerprint density at radius 3 is 2.43 bits per heavy atom. The fraction of sp³-hybridized carbons (Fsp3) is 0.700. The summed E-state index contributed by atoms with van der Waals surface area (Å²) < 4.78 is 4.98. The summed E-state index contributed by atoms with van der Waals surface area (Å²) in [7, 11) is 0. The second kappa shape index (κ2) is 6.40. The summed E-state index contributed by atoms with van der Waals surface area (Å²) in [6, 6.07) is 1.22. The van der Waals surface area contributed by atoms with Crippen LogP contribution in [0.2, 0.25) is 19.1 Å². The molecular weight excluding hydrogens is 260 g/mol. The first-order chi connectivity index (χ1) is 6.33. The molecular formula is C10H19BrO2Si. The van der Waals surface area contributed by atoms with Crippen LogP contribution < -0.4 is 0 Å².